The fourth-order valence-electron chi connectivity index (χ4n) is 1.23. The predicted molar refractivity (Wildman–Crippen MR) is 63.4 cm³/mol. The van der Waals surface area contributed by atoms with E-state index in [1.54, 1.807) is 6.07 Å². The van der Waals surface area contributed by atoms with Crippen LogP contribution < -0.4 is 11.1 Å². The first-order chi connectivity index (χ1) is 7.25. The molecule has 0 fully saturated rings. The summed E-state index contributed by atoms with van der Waals surface area (Å²) in [5.41, 5.74) is 8.06. The molecule has 0 radical (unpaired) electrons. The van der Waals surface area contributed by atoms with Crippen molar-refractivity contribution in [3.63, 3.8) is 0 Å². The van der Waals surface area contributed by atoms with Crippen molar-refractivity contribution in [2.24, 2.45) is 0 Å². The van der Waals surface area contributed by atoms with Crippen LogP contribution in [0, 0.1) is 0 Å². The van der Waals surface area contributed by atoms with Gasteiger partial charge in [0.05, 0.1) is 17.6 Å². The molecule has 0 unspecified atom stereocenters. The van der Waals surface area contributed by atoms with Crippen LogP contribution in [0.25, 0.3) is 0 Å². The quantitative estimate of drug-likeness (QED) is 0.764. The van der Waals surface area contributed by atoms with E-state index in [0.717, 1.165) is 11.4 Å². The highest BCUT2D eigenvalue weighted by Crippen LogP contribution is 2.24. The second kappa shape index (κ2) is 4.19. The molecule has 76 valence electrons. The fraction of sp³-hybridized carbons (Fsp3) is 0. The van der Waals surface area contributed by atoms with Gasteiger partial charge in [0.2, 0.25) is 0 Å². The molecule has 0 amide bonds. The van der Waals surface area contributed by atoms with Crippen LogP contribution in [0.1, 0.15) is 0 Å². The molecule has 2 aromatic rings. The van der Waals surface area contributed by atoms with Gasteiger partial charge in [0, 0.05) is 11.8 Å². The van der Waals surface area contributed by atoms with Gasteiger partial charge in [-0.05, 0) is 12.1 Å². The lowest BCUT2D eigenvalue weighted by molar-refractivity contribution is 1.33. The summed E-state index contributed by atoms with van der Waals surface area (Å²) < 4.78 is 0. The summed E-state index contributed by atoms with van der Waals surface area (Å²) in [6, 6.07) is 11.4. The minimum atomic E-state index is 0.419. The number of para-hydroxylation sites is 1. The van der Waals surface area contributed by atoms with Crippen molar-refractivity contribution < 1.29 is 0 Å². The summed E-state index contributed by atoms with van der Waals surface area (Å²) in [6.45, 7) is 0. The molecule has 0 aliphatic rings. The Kier molecular flexibility index (Phi) is 2.74. The number of pyridine rings is 1. The van der Waals surface area contributed by atoms with Gasteiger partial charge in [0.15, 0.2) is 0 Å². The Morgan fingerprint density at radius 3 is 2.67 bits per heavy atom. The van der Waals surface area contributed by atoms with Crippen molar-refractivity contribution in [1.82, 2.24) is 4.98 Å². The van der Waals surface area contributed by atoms with Crippen molar-refractivity contribution in [1.29, 1.82) is 0 Å². The van der Waals surface area contributed by atoms with Crippen LogP contribution in [-0.4, -0.2) is 4.98 Å². The van der Waals surface area contributed by atoms with Crippen LogP contribution in [0.3, 0.4) is 0 Å². The Bertz CT molecular complexity index is 457. The highest BCUT2D eigenvalue weighted by Gasteiger charge is 2.00. The highest BCUT2D eigenvalue weighted by atomic mass is 35.5. The zero-order valence-corrected chi connectivity index (χ0v) is 8.70. The minimum absolute atomic E-state index is 0.419. The Morgan fingerprint density at radius 1 is 1.20 bits per heavy atom. The van der Waals surface area contributed by atoms with Gasteiger partial charge in [-0.3, -0.25) is 0 Å². The minimum Gasteiger partial charge on any atom is -0.396 e. The van der Waals surface area contributed by atoms with Gasteiger partial charge in [0.25, 0.3) is 0 Å². The number of hydrogen-bond donors (Lipinski definition) is 2. The van der Waals surface area contributed by atoms with Crippen molar-refractivity contribution in [3.8, 4) is 0 Å². The Balaban J connectivity index is 2.28. The molecule has 4 heteroatoms. The van der Waals surface area contributed by atoms with Crippen LogP contribution >= 0.6 is 11.6 Å². The third-order valence-corrected chi connectivity index (χ3v) is 2.16. The standard InChI is InChI=1S/C11H10ClN3/c12-11-6-10(9(13)7-14-11)15-8-4-2-1-3-5-8/h1-7H,13H2,(H,14,15). The molecule has 1 aromatic heterocycles. The molecular formula is C11H10ClN3. The van der Waals surface area contributed by atoms with Crippen molar-refractivity contribution in [2.45, 2.75) is 0 Å². The van der Waals surface area contributed by atoms with E-state index in [9.17, 15) is 0 Å². The topological polar surface area (TPSA) is 50.9 Å². The lowest BCUT2D eigenvalue weighted by Crippen LogP contribution is -1.96. The van der Waals surface area contributed by atoms with E-state index in [0.29, 0.717) is 10.8 Å². The number of hydrogen-bond acceptors (Lipinski definition) is 3. The summed E-state index contributed by atoms with van der Waals surface area (Å²) in [6.07, 6.45) is 1.54. The van der Waals surface area contributed by atoms with E-state index in [2.05, 4.69) is 10.3 Å². The smallest absolute Gasteiger partial charge is 0.131 e. The Morgan fingerprint density at radius 2 is 1.93 bits per heavy atom. The third-order valence-electron chi connectivity index (χ3n) is 1.95. The average Bonchev–Trinajstić information content (AvgIpc) is 2.25. The maximum atomic E-state index is 5.78. The van der Waals surface area contributed by atoms with Crippen LogP contribution in [-0.2, 0) is 0 Å². The van der Waals surface area contributed by atoms with Gasteiger partial charge in [0.1, 0.15) is 5.15 Å². The molecule has 15 heavy (non-hydrogen) atoms. The summed E-state index contributed by atoms with van der Waals surface area (Å²) in [4.78, 5) is 3.88. The molecule has 3 nitrogen and oxygen atoms in total. The van der Waals surface area contributed by atoms with E-state index < -0.39 is 0 Å². The van der Waals surface area contributed by atoms with Gasteiger partial charge in [-0.2, -0.15) is 0 Å². The molecule has 1 aromatic carbocycles. The molecule has 0 aliphatic carbocycles. The van der Waals surface area contributed by atoms with Gasteiger partial charge in [-0.15, -0.1) is 0 Å². The number of benzene rings is 1. The summed E-state index contributed by atoms with van der Waals surface area (Å²) in [7, 11) is 0. The highest BCUT2D eigenvalue weighted by molar-refractivity contribution is 6.29. The second-order valence-electron chi connectivity index (χ2n) is 3.09. The number of nitrogen functional groups attached to an aromatic ring is 1. The Hall–Kier alpha value is -1.74. The number of aromatic nitrogens is 1. The van der Waals surface area contributed by atoms with E-state index in [-0.39, 0.29) is 0 Å². The van der Waals surface area contributed by atoms with Crippen LogP contribution in [0.2, 0.25) is 5.15 Å². The van der Waals surface area contributed by atoms with Crippen molar-refractivity contribution in [2.75, 3.05) is 11.1 Å². The molecule has 2 rings (SSSR count). The second-order valence-corrected chi connectivity index (χ2v) is 3.47. The largest absolute Gasteiger partial charge is 0.396 e. The SMILES string of the molecule is Nc1cnc(Cl)cc1Nc1ccccc1. The summed E-state index contributed by atoms with van der Waals surface area (Å²) >= 11 is 5.78. The van der Waals surface area contributed by atoms with E-state index in [1.165, 1.54) is 6.20 Å². The first kappa shape index (κ1) is 9.80. The monoisotopic (exact) mass is 219 g/mol. The van der Waals surface area contributed by atoms with Crippen molar-refractivity contribution >= 4 is 28.7 Å². The number of halogens is 1. The number of rotatable bonds is 2. The maximum absolute atomic E-state index is 5.78. The molecule has 3 N–H and O–H groups in total. The lowest BCUT2D eigenvalue weighted by atomic mass is 10.3. The Labute approximate surface area is 92.9 Å². The maximum Gasteiger partial charge on any atom is 0.131 e. The summed E-state index contributed by atoms with van der Waals surface area (Å²) in [5.74, 6) is 0. The number of nitrogens with zero attached hydrogens (tertiary/aromatic N) is 1. The molecule has 0 saturated carbocycles. The molecule has 1 heterocycles. The molecule has 0 spiro atoms. The lowest BCUT2D eigenvalue weighted by Gasteiger charge is -2.08. The fourth-order valence-corrected chi connectivity index (χ4v) is 1.38. The van der Waals surface area contributed by atoms with Crippen LogP contribution in [0.15, 0.2) is 42.6 Å². The predicted octanol–water partition coefficient (Wildman–Crippen LogP) is 3.06. The molecule has 0 atom stereocenters. The third kappa shape index (κ3) is 2.39. The number of anilines is 3. The van der Waals surface area contributed by atoms with E-state index >= 15 is 0 Å². The van der Waals surface area contributed by atoms with E-state index in [4.69, 9.17) is 17.3 Å². The molecule has 0 aliphatic heterocycles. The molecular weight excluding hydrogens is 210 g/mol. The zero-order chi connectivity index (χ0) is 10.7. The molecule has 0 bridgehead atoms. The first-order valence-corrected chi connectivity index (χ1v) is 4.86. The van der Waals surface area contributed by atoms with Crippen LogP contribution in [0.5, 0.6) is 0 Å². The van der Waals surface area contributed by atoms with Gasteiger partial charge in [-0.1, -0.05) is 29.8 Å². The van der Waals surface area contributed by atoms with Crippen molar-refractivity contribution in [3.05, 3.63) is 47.7 Å². The van der Waals surface area contributed by atoms with Crippen LogP contribution in [0.4, 0.5) is 17.1 Å². The number of nitrogens with two attached hydrogens (primary N) is 1. The van der Waals surface area contributed by atoms with Gasteiger partial charge >= 0.3 is 0 Å². The van der Waals surface area contributed by atoms with Gasteiger partial charge < -0.3 is 11.1 Å². The normalized spacial score (nSPS) is 9.93. The average molecular weight is 220 g/mol. The number of nitrogens with one attached hydrogen (secondary N) is 1. The van der Waals surface area contributed by atoms with Gasteiger partial charge in [-0.25, -0.2) is 4.98 Å². The zero-order valence-electron chi connectivity index (χ0n) is 7.94. The summed E-state index contributed by atoms with van der Waals surface area (Å²) in [5, 5.41) is 3.58. The van der Waals surface area contributed by atoms with E-state index in [1.807, 2.05) is 30.3 Å². The first-order valence-electron chi connectivity index (χ1n) is 4.49. The molecule has 0 saturated heterocycles.